The molecule has 0 unspecified atom stereocenters. The van der Waals surface area contributed by atoms with Gasteiger partial charge in [0.25, 0.3) is 0 Å². The zero-order chi connectivity index (χ0) is 18.3. The van der Waals surface area contributed by atoms with Crippen molar-refractivity contribution in [3.63, 3.8) is 0 Å². The number of pyridine rings is 1. The fourth-order valence-corrected chi connectivity index (χ4v) is 3.87. The number of anilines is 2. The van der Waals surface area contributed by atoms with Crippen LogP contribution in [0.1, 0.15) is 12.0 Å². The van der Waals surface area contributed by atoms with Crippen molar-refractivity contribution >= 4 is 52.2 Å². The summed E-state index contributed by atoms with van der Waals surface area (Å²) in [6.07, 6.45) is 0.929. The summed E-state index contributed by atoms with van der Waals surface area (Å²) in [6.45, 7) is 0. The maximum atomic E-state index is 12.7. The molecule has 130 valence electrons. The molecule has 3 nitrogen and oxygen atoms in total. The zero-order valence-corrected chi connectivity index (χ0v) is 15.8. The SMILES string of the molecule is O=C1CCc2c(-c3ccccc3Cl)cc(Cl)nc2N1c1ccccc1Cl. The van der Waals surface area contributed by atoms with Crippen molar-refractivity contribution in [2.24, 2.45) is 0 Å². The van der Waals surface area contributed by atoms with E-state index in [1.165, 1.54) is 0 Å². The number of carbonyl (C=O) groups excluding carboxylic acids is 1. The van der Waals surface area contributed by atoms with Crippen molar-refractivity contribution in [3.8, 4) is 11.1 Å². The second-order valence-corrected chi connectivity index (χ2v) is 7.16. The Kier molecular flexibility index (Phi) is 4.62. The molecule has 1 aliphatic rings. The van der Waals surface area contributed by atoms with Crippen LogP contribution in [0.15, 0.2) is 54.6 Å². The van der Waals surface area contributed by atoms with Gasteiger partial charge in [0.15, 0.2) is 0 Å². The molecule has 0 bridgehead atoms. The molecule has 0 atom stereocenters. The summed E-state index contributed by atoms with van der Waals surface area (Å²) < 4.78 is 0. The first kappa shape index (κ1) is 17.3. The summed E-state index contributed by atoms with van der Waals surface area (Å²) in [6, 6.07) is 16.6. The largest absolute Gasteiger partial charge is 0.274 e. The number of hydrogen-bond donors (Lipinski definition) is 0. The number of nitrogens with zero attached hydrogens (tertiary/aromatic N) is 2. The van der Waals surface area contributed by atoms with Gasteiger partial charge in [-0.3, -0.25) is 9.69 Å². The Balaban J connectivity index is 1.97. The molecule has 2 aromatic carbocycles. The first-order chi connectivity index (χ1) is 12.6. The maximum Gasteiger partial charge on any atom is 0.233 e. The van der Waals surface area contributed by atoms with Gasteiger partial charge in [-0.1, -0.05) is 65.1 Å². The van der Waals surface area contributed by atoms with Crippen molar-refractivity contribution in [3.05, 3.63) is 75.4 Å². The van der Waals surface area contributed by atoms with Gasteiger partial charge < -0.3 is 0 Å². The van der Waals surface area contributed by atoms with Crippen LogP contribution in [0.4, 0.5) is 11.5 Å². The summed E-state index contributed by atoms with van der Waals surface area (Å²) in [5.41, 5.74) is 3.28. The number of rotatable bonds is 2. The van der Waals surface area contributed by atoms with Crippen molar-refractivity contribution in [1.29, 1.82) is 0 Å². The third-order valence-corrected chi connectivity index (χ3v) is 5.22. The lowest BCUT2D eigenvalue weighted by Crippen LogP contribution is -2.32. The number of fused-ring (bicyclic) bond motifs is 1. The van der Waals surface area contributed by atoms with E-state index >= 15 is 0 Å². The van der Waals surface area contributed by atoms with Crippen LogP contribution < -0.4 is 4.90 Å². The molecule has 1 aromatic heterocycles. The van der Waals surface area contributed by atoms with Gasteiger partial charge in [0.05, 0.1) is 10.7 Å². The molecule has 1 aliphatic heterocycles. The Hall–Kier alpha value is -2.07. The summed E-state index contributed by atoms with van der Waals surface area (Å²) in [5.74, 6) is 0.447. The molecule has 1 amide bonds. The first-order valence-corrected chi connectivity index (χ1v) is 9.21. The minimum atomic E-state index is -0.0644. The highest BCUT2D eigenvalue weighted by Crippen LogP contribution is 2.42. The summed E-state index contributed by atoms with van der Waals surface area (Å²) in [5, 5.41) is 1.40. The highest BCUT2D eigenvalue weighted by Gasteiger charge is 2.31. The average Bonchev–Trinajstić information content (AvgIpc) is 2.62. The van der Waals surface area contributed by atoms with Crippen LogP contribution >= 0.6 is 34.8 Å². The van der Waals surface area contributed by atoms with Crippen LogP contribution in [0.2, 0.25) is 15.2 Å². The van der Waals surface area contributed by atoms with Crippen LogP contribution in [-0.4, -0.2) is 10.9 Å². The number of amides is 1. The van der Waals surface area contributed by atoms with E-state index in [-0.39, 0.29) is 5.91 Å². The minimum absolute atomic E-state index is 0.0644. The molecule has 0 saturated heterocycles. The normalized spacial score (nSPS) is 13.7. The number of carbonyl (C=O) groups is 1. The van der Waals surface area contributed by atoms with Gasteiger partial charge in [0.2, 0.25) is 5.91 Å². The predicted octanol–water partition coefficient (Wildman–Crippen LogP) is 6.32. The van der Waals surface area contributed by atoms with E-state index in [9.17, 15) is 4.79 Å². The van der Waals surface area contributed by atoms with Crippen molar-refractivity contribution in [1.82, 2.24) is 4.98 Å². The molecule has 26 heavy (non-hydrogen) atoms. The number of hydrogen-bond acceptors (Lipinski definition) is 2. The van der Waals surface area contributed by atoms with E-state index < -0.39 is 0 Å². The molecule has 0 radical (unpaired) electrons. The van der Waals surface area contributed by atoms with Gasteiger partial charge in [-0.05, 0) is 36.2 Å². The molecule has 0 aliphatic carbocycles. The molecule has 4 rings (SSSR count). The number of aromatic nitrogens is 1. The van der Waals surface area contributed by atoms with E-state index in [0.717, 1.165) is 16.7 Å². The molecule has 6 heteroatoms. The van der Waals surface area contributed by atoms with Gasteiger partial charge >= 0.3 is 0 Å². The summed E-state index contributed by atoms with van der Waals surface area (Å²) in [7, 11) is 0. The zero-order valence-electron chi connectivity index (χ0n) is 13.5. The Morgan fingerprint density at radius 3 is 2.27 bits per heavy atom. The minimum Gasteiger partial charge on any atom is -0.274 e. The van der Waals surface area contributed by atoms with Gasteiger partial charge in [-0.25, -0.2) is 4.98 Å². The molecule has 0 spiro atoms. The highest BCUT2D eigenvalue weighted by atomic mass is 35.5. The van der Waals surface area contributed by atoms with Crippen LogP contribution in [0.3, 0.4) is 0 Å². The molecular formula is C20H13Cl3N2O. The first-order valence-electron chi connectivity index (χ1n) is 8.08. The van der Waals surface area contributed by atoms with Crippen LogP contribution in [0.25, 0.3) is 11.1 Å². The second-order valence-electron chi connectivity index (χ2n) is 5.96. The number of benzene rings is 2. The van der Waals surface area contributed by atoms with E-state index in [2.05, 4.69) is 4.98 Å². The van der Waals surface area contributed by atoms with Crippen molar-refractivity contribution in [2.75, 3.05) is 4.90 Å². The van der Waals surface area contributed by atoms with E-state index in [0.29, 0.717) is 39.5 Å². The molecule has 3 aromatic rings. The Labute approximate surface area is 166 Å². The lowest BCUT2D eigenvalue weighted by molar-refractivity contribution is -0.118. The van der Waals surface area contributed by atoms with Crippen LogP contribution in [0, 0.1) is 0 Å². The Morgan fingerprint density at radius 2 is 1.54 bits per heavy atom. The van der Waals surface area contributed by atoms with E-state index in [4.69, 9.17) is 34.8 Å². The van der Waals surface area contributed by atoms with Gasteiger partial charge in [-0.2, -0.15) is 0 Å². The molecular weight excluding hydrogens is 391 g/mol. The van der Waals surface area contributed by atoms with Gasteiger partial charge in [-0.15, -0.1) is 0 Å². The van der Waals surface area contributed by atoms with Crippen LogP contribution in [-0.2, 0) is 11.2 Å². The molecule has 0 fully saturated rings. The average molecular weight is 404 g/mol. The fourth-order valence-electron chi connectivity index (χ4n) is 3.22. The molecule has 0 N–H and O–H groups in total. The Morgan fingerprint density at radius 1 is 0.846 bits per heavy atom. The van der Waals surface area contributed by atoms with E-state index in [1.54, 1.807) is 23.1 Å². The topological polar surface area (TPSA) is 33.2 Å². The van der Waals surface area contributed by atoms with Gasteiger partial charge in [0, 0.05) is 22.6 Å². The standard InChI is InChI=1S/C20H13Cl3N2O/c21-15-6-2-1-5-12(15)14-11-18(23)24-20-13(14)9-10-19(26)25(20)17-8-4-3-7-16(17)22/h1-8,11H,9-10H2. The van der Waals surface area contributed by atoms with Crippen LogP contribution in [0.5, 0.6) is 0 Å². The number of para-hydroxylation sites is 1. The van der Waals surface area contributed by atoms with Gasteiger partial charge in [0.1, 0.15) is 11.0 Å². The summed E-state index contributed by atoms with van der Waals surface area (Å²) in [4.78, 5) is 18.7. The Bertz CT molecular complexity index is 1020. The quantitative estimate of drug-likeness (QED) is 0.469. The number of halogens is 3. The van der Waals surface area contributed by atoms with Crippen molar-refractivity contribution < 1.29 is 4.79 Å². The smallest absolute Gasteiger partial charge is 0.233 e. The monoisotopic (exact) mass is 402 g/mol. The highest BCUT2D eigenvalue weighted by molar-refractivity contribution is 6.35. The lowest BCUT2D eigenvalue weighted by Gasteiger charge is -2.30. The van der Waals surface area contributed by atoms with E-state index in [1.807, 2.05) is 36.4 Å². The summed E-state index contributed by atoms with van der Waals surface area (Å²) >= 11 is 19.0. The fraction of sp³-hybridized carbons (Fsp3) is 0.100. The molecule has 0 saturated carbocycles. The maximum absolute atomic E-state index is 12.7. The third kappa shape index (κ3) is 2.96. The molecule has 2 heterocycles. The third-order valence-electron chi connectivity index (χ3n) is 4.38. The second kappa shape index (κ2) is 6.92. The van der Waals surface area contributed by atoms with Crippen molar-refractivity contribution in [2.45, 2.75) is 12.8 Å². The predicted molar refractivity (Wildman–Crippen MR) is 107 cm³/mol. The lowest BCUT2D eigenvalue weighted by atomic mass is 9.94.